The Morgan fingerprint density at radius 2 is 1.66 bits per heavy atom. The molecule has 0 radical (unpaired) electrons. The van der Waals surface area contributed by atoms with E-state index in [-0.39, 0.29) is 30.9 Å². The van der Waals surface area contributed by atoms with Crippen LogP contribution in [0.5, 0.6) is 0 Å². The summed E-state index contributed by atoms with van der Waals surface area (Å²) in [5.74, 6) is 2.10. The Balaban J connectivity index is 1.33. The van der Waals surface area contributed by atoms with Crippen molar-refractivity contribution in [2.75, 3.05) is 80.4 Å². The molecule has 3 aliphatic rings. The number of aromatic nitrogens is 2. The average Bonchev–Trinajstić information content (AvgIpc) is 3.42. The van der Waals surface area contributed by atoms with Crippen molar-refractivity contribution in [1.29, 1.82) is 0 Å². The normalized spacial score (nSPS) is 21.5. The molecule has 3 saturated heterocycles. The van der Waals surface area contributed by atoms with E-state index in [1.165, 1.54) is 0 Å². The first-order chi connectivity index (χ1) is 18.4. The molecule has 4 heterocycles. The van der Waals surface area contributed by atoms with Gasteiger partial charge in [0.2, 0.25) is 11.9 Å². The highest BCUT2D eigenvalue weighted by atomic mass is 16.7. The first-order valence-corrected chi connectivity index (χ1v) is 13.9. The topological polar surface area (TPSA) is 112 Å². The molecule has 0 N–H and O–H groups in total. The van der Waals surface area contributed by atoms with Crippen molar-refractivity contribution >= 4 is 35.4 Å². The number of nitrogens with zero attached hydrogens (tertiary/aromatic N) is 7. The zero-order valence-electron chi connectivity index (χ0n) is 23.1. The van der Waals surface area contributed by atoms with Gasteiger partial charge in [-0.25, -0.2) is 4.79 Å². The number of piperazine rings is 1. The molecule has 0 bridgehead atoms. The van der Waals surface area contributed by atoms with Crippen LogP contribution in [0.15, 0.2) is 6.07 Å². The molecule has 210 valence electrons. The van der Waals surface area contributed by atoms with Gasteiger partial charge in [-0.05, 0) is 40.5 Å². The van der Waals surface area contributed by atoms with Crippen LogP contribution >= 0.6 is 0 Å². The second kappa shape index (κ2) is 12.6. The summed E-state index contributed by atoms with van der Waals surface area (Å²) in [6, 6.07) is 1.78. The van der Waals surface area contributed by atoms with E-state index < -0.39 is 12.2 Å². The molecule has 0 spiro atoms. The van der Waals surface area contributed by atoms with Crippen LogP contribution < -0.4 is 14.7 Å². The number of hydrogen-bond acceptors (Lipinski definition) is 10. The quantitative estimate of drug-likeness (QED) is 0.327. The third-order valence-electron chi connectivity index (χ3n) is 7.72. The van der Waals surface area contributed by atoms with Crippen molar-refractivity contribution < 1.29 is 23.9 Å². The molecule has 1 aromatic rings. The molecular weight excluding hydrogens is 490 g/mol. The molecule has 2 amide bonds. The predicted molar refractivity (Wildman–Crippen MR) is 144 cm³/mol. The summed E-state index contributed by atoms with van der Waals surface area (Å²) in [4.78, 5) is 56.7. The SMILES string of the molecule is CCN(CC)c1cc(N2CCN(C(=O)OCOC3C(=O)CC(=O)N4CCCC34)CC2)nc(N(CC)CC)n1. The second-order valence-electron chi connectivity index (χ2n) is 9.76. The van der Waals surface area contributed by atoms with Gasteiger partial charge in [0.15, 0.2) is 12.6 Å². The zero-order valence-corrected chi connectivity index (χ0v) is 23.1. The van der Waals surface area contributed by atoms with Gasteiger partial charge < -0.3 is 34.0 Å². The molecular formula is C26H41N7O5. The van der Waals surface area contributed by atoms with E-state index >= 15 is 0 Å². The molecule has 1 aromatic heterocycles. The van der Waals surface area contributed by atoms with E-state index in [4.69, 9.17) is 19.4 Å². The van der Waals surface area contributed by atoms with Crippen molar-refractivity contribution in [3.05, 3.63) is 6.07 Å². The molecule has 0 aliphatic carbocycles. The Hall–Kier alpha value is -3.15. The van der Waals surface area contributed by atoms with E-state index in [1.54, 1.807) is 9.80 Å². The number of carbonyl (C=O) groups excluding carboxylic acids is 3. The molecule has 2 atom stereocenters. The number of ketones is 1. The van der Waals surface area contributed by atoms with Crippen molar-refractivity contribution in [2.45, 2.75) is 59.1 Å². The van der Waals surface area contributed by atoms with Gasteiger partial charge in [-0.15, -0.1) is 0 Å². The summed E-state index contributed by atoms with van der Waals surface area (Å²) >= 11 is 0. The van der Waals surface area contributed by atoms with Gasteiger partial charge in [0.1, 0.15) is 17.7 Å². The van der Waals surface area contributed by atoms with Crippen molar-refractivity contribution in [2.24, 2.45) is 0 Å². The number of Topliss-reactive ketones (excluding diaryl/α,β-unsaturated/α-hetero) is 1. The van der Waals surface area contributed by atoms with Crippen molar-refractivity contribution in [1.82, 2.24) is 19.8 Å². The average molecular weight is 532 g/mol. The van der Waals surface area contributed by atoms with E-state index in [0.29, 0.717) is 38.7 Å². The minimum atomic E-state index is -0.724. The van der Waals surface area contributed by atoms with Crippen molar-refractivity contribution in [3.63, 3.8) is 0 Å². The molecule has 3 fully saturated rings. The lowest BCUT2D eigenvalue weighted by molar-refractivity contribution is -0.160. The maximum atomic E-state index is 12.7. The summed E-state index contributed by atoms with van der Waals surface area (Å²) < 4.78 is 11.0. The van der Waals surface area contributed by atoms with Crippen LogP contribution in [0.2, 0.25) is 0 Å². The van der Waals surface area contributed by atoms with Crippen LogP contribution in [0.25, 0.3) is 0 Å². The number of anilines is 3. The molecule has 38 heavy (non-hydrogen) atoms. The number of ether oxygens (including phenoxy) is 2. The fraction of sp³-hybridized carbons (Fsp3) is 0.731. The molecule has 12 nitrogen and oxygen atoms in total. The lowest BCUT2D eigenvalue weighted by Gasteiger charge is -2.36. The number of amides is 2. The van der Waals surface area contributed by atoms with Crippen LogP contribution in [0.4, 0.5) is 22.4 Å². The van der Waals surface area contributed by atoms with E-state index in [1.807, 2.05) is 6.07 Å². The summed E-state index contributed by atoms with van der Waals surface area (Å²) in [5.41, 5.74) is 0. The Labute approximate surface area is 224 Å². The summed E-state index contributed by atoms with van der Waals surface area (Å²) in [6.45, 7) is 14.3. The highest BCUT2D eigenvalue weighted by molar-refractivity contribution is 6.03. The fourth-order valence-electron chi connectivity index (χ4n) is 5.48. The fourth-order valence-corrected chi connectivity index (χ4v) is 5.48. The summed E-state index contributed by atoms with van der Waals surface area (Å²) in [6.07, 6.45) is 0.242. The van der Waals surface area contributed by atoms with Crippen LogP contribution in [0.3, 0.4) is 0 Å². The largest absolute Gasteiger partial charge is 0.422 e. The van der Waals surface area contributed by atoms with Gasteiger partial charge >= 0.3 is 6.09 Å². The van der Waals surface area contributed by atoms with Crippen LogP contribution in [0, 0.1) is 0 Å². The van der Waals surface area contributed by atoms with Gasteiger partial charge in [-0.1, -0.05) is 0 Å². The molecule has 4 rings (SSSR count). The standard InChI is InChI=1S/C26H41N7O5/c1-5-29(6-2)21-17-22(28-25(27-21)30(7-3)8-4)31-12-14-32(15-13-31)26(36)38-18-37-24-19-10-9-11-33(19)23(35)16-20(24)34/h17,19,24H,5-16,18H2,1-4H3. The first-order valence-electron chi connectivity index (χ1n) is 13.9. The minimum Gasteiger partial charge on any atom is -0.422 e. The number of fused-ring (bicyclic) bond motifs is 1. The monoisotopic (exact) mass is 531 g/mol. The van der Waals surface area contributed by atoms with Gasteiger partial charge in [-0.3, -0.25) is 9.59 Å². The Morgan fingerprint density at radius 3 is 2.32 bits per heavy atom. The van der Waals surface area contributed by atoms with Gasteiger partial charge in [0, 0.05) is 65.0 Å². The molecule has 0 saturated carbocycles. The van der Waals surface area contributed by atoms with Crippen LogP contribution in [0.1, 0.15) is 47.0 Å². The van der Waals surface area contributed by atoms with E-state index in [0.717, 1.165) is 50.7 Å². The second-order valence-corrected chi connectivity index (χ2v) is 9.76. The Kier molecular flexibility index (Phi) is 9.24. The highest BCUT2D eigenvalue weighted by Crippen LogP contribution is 2.28. The van der Waals surface area contributed by atoms with Gasteiger partial charge in [-0.2, -0.15) is 9.97 Å². The molecule has 12 heteroatoms. The Bertz CT molecular complexity index is 962. The van der Waals surface area contributed by atoms with Gasteiger partial charge in [0.05, 0.1) is 12.5 Å². The number of rotatable bonds is 10. The highest BCUT2D eigenvalue weighted by Gasteiger charge is 2.44. The number of piperidine rings is 1. The summed E-state index contributed by atoms with van der Waals surface area (Å²) in [7, 11) is 0. The molecule has 0 aromatic carbocycles. The minimum absolute atomic E-state index is 0.135. The zero-order chi connectivity index (χ0) is 27.2. The van der Waals surface area contributed by atoms with Crippen molar-refractivity contribution in [3.8, 4) is 0 Å². The third kappa shape index (κ3) is 5.95. The third-order valence-corrected chi connectivity index (χ3v) is 7.72. The first kappa shape index (κ1) is 27.9. The maximum Gasteiger partial charge on any atom is 0.412 e. The lowest BCUT2D eigenvalue weighted by Crippen LogP contribution is -2.54. The lowest BCUT2D eigenvalue weighted by atomic mass is 9.97. The van der Waals surface area contributed by atoms with E-state index in [2.05, 4.69) is 42.4 Å². The number of carbonyl (C=O) groups is 3. The maximum absolute atomic E-state index is 12.7. The predicted octanol–water partition coefficient (Wildman–Crippen LogP) is 1.73. The Morgan fingerprint density at radius 1 is 0.974 bits per heavy atom. The van der Waals surface area contributed by atoms with E-state index in [9.17, 15) is 14.4 Å². The molecule has 2 unspecified atom stereocenters. The number of hydrogen-bond donors (Lipinski definition) is 0. The molecule has 3 aliphatic heterocycles. The van der Waals surface area contributed by atoms with Crippen LogP contribution in [-0.4, -0.2) is 115 Å². The summed E-state index contributed by atoms with van der Waals surface area (Å²) in [5, 5.41) is 0. The van der Waals surface area contributed by atoms with Crippen LogP contribution in [-0.2, 0) is 19.1 Å². The van der Waals surface area contributed by atoms with Gasteiger partial charge in [0.25, 0.3) is 0 Å². The smallest absolute Gasteiger partial charge is 0.412 e.